The summed E-state index contributed by atoms with van der Waals surface area (Å²) in [5.74, 6) is -1.02. The monoisotopic (exact) mass is 659 g/mol. The van der Waals surface area contributed by atoms with Crippen molar-refractivity contribution in [1.29, 1.82) is 0 Å². The average Bonchev–Trinajstić information content (AvgIpc) is 3.57. The van der Waals surface area contributed by atoms with Crippen molar-refractivity contribution in [3.8, 4) is 22.8 Å². The first-order chi connectivity index (χ1) is 21.5. The largest absolute Gasteiger partial charge is 0.573 e. The molecule has 232 valence electrons. The van der Waals surface area contributed by atoms with Gasteiger partial charge < -0.3 is 24.0 Å². The molecule has 0 atom stereocenters. The topological polar surface area (TPSA) is 97.9 Å². The van der Waals surface area contributed by atoms with Crippen molar-refractivity contribution in [3.63, 3.8) is 0 Å². The molecule has 0 bridgehead atoms. The zero-order valence-corrected chi connectivity index (χ0v) is 24.7. The summed E-state index contributed by atoms with van der Waals surface area (Å²) in [6.07, 6.45) is -3.10. The molecule has 3 heterocycles. The zero-order valence-electron chi connectivity index (χ0n) is 23.1. The molecular weight excluding hydrogens is 638 g/mol. The van der Waals surface area contributed by atoms with Crippen LogP contribution in [0.1, 0.15) is 51.9 Å². The smallest absolute Gasteiger partial charge is 0.489 e. The van der Waals surface area contributed by atoms with E-state index in [1.165, 1.54) is 35.6 Å². The molecule has 45 heavy (non-hydrogen) atoms. The Balaban J connectivity index is 1.06. The van der Waals surface area contributed by atoms with Crippen LogP contribution < -0.4 is 14.4 Å². The number of nitrogens with zero attached hydrogens (tertiary/aromatic N) is 3. The molecule has 0 radical (unpaired) electrons. The number of halogens is 5. The molecule has 2 aliphatic rings. The van der Waals surface area contributed by atoms with E-state index in [9.17, 15) is 27.5 Å². The van der Waals surface area contributed by atoms with Crippen molar-refractivity contribution < 1.29 is 41.5 Å². The second kappa shape index (κ2) is 11.2. The molecule has 5 aromatic rings. The van der Waals surface area contributed by atoms with Crippen molar-refractivity contribution in [2.45, 2.75) is 37.6 Å². The number of carboxylic acids is 1. The number of alkyl halides is 3. The maximum Gasteiger partial charge on any atom is 0.573 e. The Labute approximate surface area is 261 Å². The SMILES string of the molecule is O=C(O)c1cc(F)c2nc(N3CC(c4ccc(OCc5c(-c6ccccc6OC(F)(F)F)noc5C5CC5)cc4Cl)C3)sc2c1. The van der Waals surface area contributed by atoms with Crippen LogP contribution in [0.15, 0.2) is 59.1 Å². The molecule has 0 spiro atoms. The number of anilines is 1. The number of hydrogen-bond donors (Lipinski definition) is 1. The Hall–Kier alpha value is -4.36. The minimum Gasteiger partial charge on any atom is -0.489 e. The highest BCUT2D eigenvalue weighted by atomic mass is 35.5. The highest BCUT2D eigenvalue weighted by molar-refractivity contribution is 7.22. The highest BCUT2D eigenvalue weighted by Crippen LogP contribution is 2.46. The van der Waals surface area contributed by atoms with Gasteiger partial charge in [0, 0.05) is 35.5 Å². The number of rotatable bonds is 9. The average molecular weight is 660 g/mol. The third-order valence-corrected chi connectivity index (χ3v) is 9.16. The number of para-hydroxylation sites is 1. The molecule has 1 saturated carbocycles. The summed E-state index contributed by atoms with van der Waals surface area (Å²) < 4.78 is 70.0. The number of carboxylic acid groups (broad SMARTS) is 1. The Morgan fingerprint density at radius 1 is 1.11 bits per heavy atom. The van der Waals surface area contributed by atoms with Crippen LogP contribution in [0.5, 0.6) is 11.5 Å². The lowest BCUT2D eigenvalue weighted by molar-refractivity contribution is -0.274. The zero-order chi connectivity index (χ0) is 31.5. The molecule has 1 N–H and O–H groups in total. The molecule has 3 aromatic carbocycles. The van der Waals surface area contributed by atoms with Crippen LogP contribution in [0.2, 0.25) is 5.02 Å². The summed E-state index contributed by atoms with van der Waals surface area (Å²) in [7, 11) is 0. The number of fused-ring (bicyclic) bond motifs is 1. The van der Waals surface area contributed by atoms with Crippen molar-refractivity contribution in [3.05, 3.63) is 87.9 Å². The molecule has 2 fully saturated rings. The van der Waals surface area contributed by atoms with Gasteiger partial charge in [-0.1, -0.05) is 46.3 Å². The van der Waals surface area contributed by atoms with Gasteiger partial charge in [-0.05, 0) is 54.8 Å². The lowest BCUT2D eigenvalue weighted by Gasteiger charge is -2.39. The normalized spacial score (nSPS) is 15.4. The number of aromatic nitrogens is 2. The molecule has 7 rings (SSSR count). The fraction of sp³-hybridized carbons (Fsp3) is 0.258. The Morgan fingerprint density at radius 2 is 1.89 bits per heavy atom. The first-order valence-electron chi connectivity index (χ1n) is 13.9. The Morgan fingerprint density at radius 3 is 2.60 bits per heavy atom. The van der Waals surface area contributed by atoms with Crippen molar-refractivity contribution in [1.82, 2.24) is 10.1 Å². The molecule has 0 amide bonds. The van der Waals surface area contributed by atoms with Gasteiger partial charge in [0.1, 0.15) is 35.1 Å². The first-order valence-corrected chi connectivity index (χ1v) is 15.1. The quantitative estimate of drug-likeness (QED) is 0.158. The van der Waals surface area contributed by atoms with Crippen LogP contribution in [-0.2, 0) is 6.61 Å². The van der Waals surface area contributed by atoms with E-state index in [-0.39, 0.29) is 46.5 Å². The lowest BCUT2D eigenvalue weighted by Crippen LogP contribution is -2.45. The molecule has 1 saturated heterocycles. The predicted octanol–water partition coefficient (Wildman–Crippen LogP) is 8.40. The van der Waals surface area contributed by atoms with E-state index in [4.69, 9.17) is 20.9 Å². The van der Waals surface area contributed by atoms with Gasteiger partial charge in [-0.3, -0.25) is 0 Å². The minimum atomic E-state index is -4.87. The van der Waals surface area contributed by atoms with Crippen molar-refractivity contribution >= 4 is 44.3 Å². The lowest BCUT2D eigenvalue weighted by atomic mass is 9.92. The molecular formula is C31H22ClF4N3O5S. The van der Waals surface area contributed by atoms with Gasteiger partial charge in [0.05, 0.1) is 15.8 Å². The predicted molar refractivity (Wildman–Crippen MR) is 158 cm³/mol. The van der Waals surface area contributed by atoms with Crippen molar-refractivity contribution in [2.75, 3.05) is 18.0 Å². The third kappa shape index (κ3) is 5.89. The molecule has 8 nitrogen and oxygen atoms in total. The maximum atomic E-state index is 14.4. The summed E-state index contributed by atoms with van der Waals surface area (Å²) in [6.45, 7) is 1.17. The molecule has 1 aliphatic heterocycles. The number of ether oxygens (including phenoxy) is 2. The van der Waals surface area contributed by atoms with E-state index in [2.05, 4.69) is 14.9 Å². The summed E-state index contributed by atoms with van der Waals surface area (Å²) >= 11 is 7.88. The highest BCUT2D eigenvalue weighted by Gasteiger charge is 2.36. The van der Waals surface area contributed by atoms with Crippen LogP contribution in [0.25, 0.3) is 21.5 Å². The molecule has 1 aliphatic carbocycles. The minimum absolute atomic E-state index is 0.00431. The fourth-order valence-corrected chi connectivity index (χ4v) is 6.73. The van der Waals surface area contributed by atoms with Gasteiger partial charge >= 0.3 is 12.3 Å². The summed E-state index contributed by atoms with van der Waals surface area (Å²) in [6, 6.07) is 13.5. The van der Waals surface area contributed by atoms with Gasteiger partial charge in [0.2, 0.25) is 0 Å². The number of thiazole rings is 1. The first kappa shape index (κ1) is 29.4. The second-order valence-electron chi connectivity index (χ2n) is 10.9. The fourth-order valence-electron chi connectivity index (χ4n) is 5.37. The van der Waals surface area contributed by atoms with Crippen LogP contribution in [-0.4, -0.2) is 40.7 Å². The number of benzene rings is 3. The molecule has 2 aromatic heterocycles. The Kier molecular flexibility index (Phi) is 7.32. The summed E-state index contributed by atoms with van der Waals surface area (Å²) in [4.78, 5) is 17.6. The number of hydrogen-bond acceptors (Lipinski definition) is 8. The third-order valence-electron chi connectivity index (χ3n) is 7.77. The molecule has 14 heteroatoms. The van der Waals surface area contributed by atoms with Gasteiger partial charge in [-0.25, -0.2) is 14.2 Å². The van der Waals surface area contributed by atoms with E-state index < -0.39 is 18.1 Å². The van der Waals surface area contributed by atoms with Gasteiger partial charge in [-0.15, -0.1) is 13.2 Å². The second-order valence-corrected chi connectivity index (χ2v) is 12.3. The maximum absolute atomic E-state index is 14.4. The van der Waals surface area contributed by atoms with Crippen molar-refractivity contribution in [2.24, 2.45) is 0 Å². The van der Waals surface area contributed by atoms with E-state index in [1.807, 2.05) is 11.0 Å². The molecule has 0 unspecified atom stereocenters. The standard InChI is InChI=1S/C31H22ClF4N3O5S/c32-22-11-18(7-8-19(22)17-12-39(13-17)30-37-27-23(33)9-16(29(40)41)10-25(27)45-30)42-14-21-26(38-44-28(21)15-5-6-15)20-3-1-2-4-24(20)43-31(34,35)36/h1-4,7-11,15,17H,5-6,12-14H2,(H,40,41). The van der Waals surface area contributed by atoms with E-state index in [0.29, 0.717) is 45.0 Å². The van der Waals surface area contributed by atoms with E-state index >= 15 is 0 Å². The van der Waals surface area contributed by atoms with Gasteiger partial charge in [0.15, 0.2) is 10.9 Å². The van der Waals surface area contributed by atoms with Crippen LogP contribution in [0.3, 0.4) is 0 Å². The number of carbonyl (C=O) groups is 1. The van der Waals surface area contributed by atoms with E-state index in [1.54, 1.807) is 18.2 Å². The van der Waals surface area contributed by atoms with E-state index in [0.717, 1.165) is 24.5 Å². The van der Waals surface area contributed by atoms with Crippen LogP contribution in [0, 0.1) is 5.82 Å². The summed E-state index contributed by atoms with van der Waals surface area (Å²) in [5, 5.41) is 14.4. The van der Waals surface area contributed by atoms with Crippen LogP contribution in [0.4, 0.5) is 22.7 Å². The van der Waals surface area contributed by atoms with Crippen LogP contribution >= 0.6 is 22.9 Å². The summed E-state index contributed by atoms with van der Waals surface area (Å²) in [5.41, 5.74) is 1.82. The van der Waals surface area contributed by atoms with Gasteiger partial charge in [0.25, 0.3) is 0 Å². The Bertz CT molecular complexity index is 1930. The van der Waals surface area contributed by atoms with Gasteiger partial charge in [-0.2, -0.15) is 0 Å². The number of aromatic carboxylic acids is 1.